The molecule has 118 valence electrons. The Labute approximate surface area is 126 Å². The van der Waals surface area contributed by atoms with Crippen molar-refractivity contribution in [3.63, 3.8) is 0 Å². The third kappa shape index (κ3) is 4.46. The molecule has 2 saturated carbocycles. The zero-order valence-electron chi connectivity index (χ0n) is 14.1. The molecule has 0 aromatic heterocycles. The van der Waals surface area contributed by atoms with Gasteiger partial charge in [0.2, 0.25) is 0 Å². The van der Waals surface area contributed by atoms with Crippen LogP contribution in [0.2, 0.25) is 0 Å². The largest absolute Gasteiger partial charge is 0.314 e. The molecule has 2 aliphatic carbocycles. The van der Waals surface area contributed by atoms with Crippen molar-refractivity contribution < 1.29 is 0 Å². The Balaban J connectivity index is 1.97. The highest BCUT2D eigenvalue weighted by Gasteiger charge is 2.35. The predicted molar refractivity (Wildman–Crippen MR) is 88.2 cm³/mol. The molecule has 0 radical (unpaired) electrons. The van der Waals surface area contributed by atoms with Crippen LogP contribution in [-0.4, -0.2) is 36.6 Å². The zero-order chi connectivity index (χ0) is 14.4. The Morgan fingerprint density at radius 3 is 2.25 bits per heavy atom. The van der Waals surface area contributed by atoms with E-state index >= 15 is 0 Å². The molecule has 0 aromatic rings. The summed E-state index contributed by atoms with van der Waals surface area (Å²) in [7, 11) is 0. The summed E-state index contributed by atoms with van der Waals surface area (Å²) in [5.41, 5.74) is 0.557. The second-order valence-corrected chi connectivity index (χ2v) is 7.60. The maximum Gasteiger partial charge on any atom is 0.00953 e. The lowest BCUT2D eigenvalue weighted by molar-refractivity contribution is 0.0775. The third-order valence-corrected chi connectivity index (χ3v) is 5.59. The minimum Gasteiger partial charge on any atom is -0.314 e. The summed E-state index contributed by atoms with van der Waals surface area (Å²) < 4.78 is 0. The van der Waals surface area contributed by atoms with Gasteiger partial charge in [0.05, 0.1) is 0 Å². The average molecular weight is 280 g/mol. The van der Waals surface area contributed by atoms with Crippen molar-refractivity contribution in [1.82, 2.24) is 10.2 Å². The van der Waals surface area contributed by atoms with Crippen LogP contribution in [0.5, 0.6) is 0 Å². The number of nitrogens with one attached hydrogen (secondary N) is 1. The molecule has 2 fully saturated rings. The van der Waals surface area contributed by atoms with Gasteiger partial charge in [0.25, 0.3) is 0 Å². The molecule has 0 aliphatic heterocycles. The topological polar surface area (TPSA) is 15.3 Å². The van der Waals surface area contributed by atoms with Gasteiger partial charge in [-0.1, -0.05) is 52.9 Å². The lowest BCUT2D eigenvalue weighted by atomic mass is 9.73. The molecule has 1 N–H and O–H groups in total. The Bertz CT molecular complexity index is 263. The molecule has 0 aromatic carbocycles. The van der Waals surface area contributed by atoms with Crippen molar-refractivity contribution in [2.24, 2.45) is 5.41 Å². The molecule has 2 nitrogen and oxygen atoms in total. The van der Waals surface area contributed by atoms with E-state index in [0.717, 1.165) is 6.04 Å². The first-order valence-electron chi connectivity index (χ1n) is 9.13. The van der Waals surface area contributed by atoms with Crippen LogP contribution in [0.25, 0.3) is 0 Å². The van der Waals surface area contributed by atoms with E-state index in [2.05, 4.69) is 31.0 Å². The molecular formula is C18H36N2. The van der Waals surface area contributed by atoms with Crippen molar-refractivity contribution in [1.29, 1.82) is 0 Å². The third-order valence-electron chi connectivity index (χ3n) is 5.59. The van der Waals surface area contributed by atoms with E-state index < -0.39 is 0 Å². The van der Waals surface area contributed by atoms with Crippen molar-refractivity contribution in [2.45, 2.75) is 90.6 Å². The van der Waals surface area contributed by atoms with E-state index in [9.17, 15) is 0 Å². The molecular weight excluding hydrogens is 244 g/mol. The van der Waals surface area contributed by atoms with Gasteiger partial charge in [-0.3, -0.25) is 0 Å². The highest BCUT2D eigenvalue weighted by atomic mass is 15.2. The van der Waals surface area contributed by atoms with Crippen LogP contribution in [0.3, 0.4) is 0 Å². The molecule has 2 rings (SSSR count). The Kier molecular flexibility index (Phi) is 6.35. The number of rotatable bonds is 7. The van der Waals surface area contributed by atoms with E-state index in [1.165, 1.54) is 77.4 Å². The summed E-state index contributed by atoms with van der Waals surface area (Å²) in [4.78, 5) is 2.82. The minimum absolute atomic E-state index is 0.557. The highest BCUT2D eigenvalue weighted by Crippen LogP contribution is 2.38. The minimum atomic E-state index is 0.557. The summed E-state index contributed by atoms with van der Waals surface area (Å²) in [5, 5.41) is 3.75. The summed E-state index contributed by atoms with van der Waals surface area (Å²) in [6.07, 6.45) is 13.0. The van der Waals surface area contributed by atoms with Gasteiger partial charge in [0, 0.05) is 25.2 Å². The molecule has 0 heterocycles. The second kappa shape index (κ2) is 7.79. The van der Waals surface area contributed by atoms with Crippen molar-refractivity contribution in [3.05, 3.63) is 0 Å². The van der Waals surface area contributed by atoms with Crippen LogP contribution < -0.4 is 5.32 Å². The van der Waals surface area contributed by atoms with Crippen LogP contribution in [-0.2, 0) is 0 Å². The molecule has 2 aliphatic rings. The van der Waals surface area contributed by atoms with E-state index in [1.54, 1.807) is 0 Å². The first kappa shape index (κ1) is 16.3. The monoisotopic (exact) mass is 280 g/mol. The molecule has 0 bridgehead atoms. The molecule has 0 unspecified atom stereocenters. The zero-order valence-corrected chi connectivity index (χ0v) is 14.1. The lowest BCUT2D eigenvalue weighted by Crippen LogP contribution is -2.49. The maximum atomic E-state index is 3.75. The van der Waals surface area contributed by atoms with Crippen LogP contribution in [0.15, 0.2) is 0 Å². The van der Waals surface area contributed by atoms with Gasteiger partial charge >= 0.3 is 0 Å². The number of nitrogens with zero attached hydrogens (tertiary/aromatic N) is 1. The fraction of sp³-hybridized carbons (Fsp3) is 1.00. The highest BCUT2D eigenvalue weighted by molar-refractivity contribution is 4.90. The van der Waals surface area contributed by atoms with Gasteiger partial charge in [0.15, 0.2) is 0 Å². The molecule has 0 amide bonds. The number of hydrogen-bond acceptors (Lipinski definition) is 2. The Morgan fingerprint density at radius 1 is 1.05 bits per heavy atom. The normalized spacial score (nSPS) is 23.9. The maximum absolute atomic E-state index is 3.75. The summed E-state index contributed by atoms with van der Waals surface area (Å²) in [5.74, 6) is 0. The molecule has 0 saturated heterocycles. The molecule has 0 atom stereocenters. The molecule has 20 heavy (non-hydrogen) atoms. The standard InChI is InChI=1S/C18H36N2/c1-4-20(17-10-6-7-11-17)15-18(14-19-16(2)3)12-8-5-9-13-18/h16-17,19H,4-15H2,1-3H3. The molecule has 2 heteroatoms. The first-order chi connectivity index (χ1) is 9.65. The van der Waals surface area contributed by atoms with E-state index in [1.807, 2.05) is 0 Å². The van der Waals surface area contributed by atoms with Gasteiger partial charge in [-0.2, -0.15) is 0 Å². The van der Waals surface area contributed by atoms with Crippen molar-refractivity contribution >= 4 is 0 Å². The van der Waals surface area contributed by atoms with Crippen LogP contribution >= 0.6 is 0 Å². The van der Waals surface area contributed by atoms with Crippen molar-refractivity contribution in [2.75, 3.05) is 19.6 Å². The molecule has 0 spiro atoms. The summed E-state index contributed by atoms with van der Waals surface area (Å²) in [6.45, 7) is 10.7. The van der Waals surface area contributed by atoms with Crippen molar-refractivity contribution in [3.8, 4) is 0 Å². The predicted octanol–water partition coefficient (Wildman–Crippen LogP) is 4.20. The van der Waals surface area contributed by atoms with Gasteiger partial charge in [0.1, 0.15) is 0 Å². The summed E-state index contributed by atoms with van der Waals surface area (Å²) >= 11 is 0. The van der Waals surface area contributed by atoms with Crippen LogP contribution in [0.4, 0.5) is 0 Å². The van der Waals surface area contributed by atoms with Crippen LogP contribution in [0.1, 0.15) is 78.6 Å². The SMILES string of the molecule is CCN(CC1(CNC(C)C)CCCCC1)C1CCCC1. The van der Waals surface area contributed by atoms with E-state index in [0.29, 0.717) is 11.5 Å². The fourth-order valence-electron chi connectivity index (χ4n) is 4.31. The van der Waals surface area contributed by atoms with E-state index in [4.69, 9.17) is 0 Å². The average Bonchev–Trinajstić information content (AvgIpc) is 2.98. The first-order valence-corrected chi connectivity index (χ1v) is 9.13. The van der Waals surface area contributed by atoms with Gasteiger partial charge in [-0.15, -0.1) is 0 Å². The number of hydrogen-bond donors (Lipinski definition) is 1. The van der Waals surface area contributed by atoms with Gasteiger partial charge in [-0.25, -0.2) is 0 Å². The van der Waals surface area contributed by atoms with Gasteiger partial charge in [-0.05, 0) is 37.6 Å². The summed E-state index contributed by atoms with van der Waals surface area (Å²) in [6, 6.07) is 1.51. The second-order valence-electron chi connectivity index (χ2n) is 7.60. The van der Waals surface area contributed by atoms with E-state index in [-0.39, 0.29) is 0 Å². The smallest absolute Gasteiger partial charge is 0.00953 e. The Morgan fingerprint density at radius 2 is 1.70 bits per heavy atom. The fourth-order valence-corrected chi connectivity index (χ4v) is 4.31. The quantitative estimate of drug-likeness (QED) is 0.752. The lowest BCUT2D eigenvalue weighted by Gasteiger charge is -2.43. The Hall–Kier alpha value is -0.0800. The van der Waals surface area contributed by atoms with Gasteiger partial charge < -0.3 is 10.2 Å². The van der Waals surface area contributed by atoms with Crippen LogP contribution in [0, 0.1) is 5.41 Å².